The number of nitrogens with one attached hydrogen (secondary N) is 2. The zero-order chi connectivity index (χ0) is 11.2. The summed E-state index contributed by atoms with van der Waals surface area (Å²) in [5.74, 6) is 3.58. The van der Waals surface area contributed by atoms with Gasteiger partial charge in [0.1, 0.15) is 0 Å². The van der Waals surface area contributed by atoms with Crippen molar-refractivity contribution >= 4 is 0 Å². The van der Waals surface area contributed by atoms with E-state index in [1.54, 1.807) is 0 Å². The molecule has 3 atom stereocenters. The van der Waals surface area contributed by atoms with Crippen molar-refractivity contribution in [2.24, 2.45) is 5.92 Å². The minimum atomic E-state index is 0.744. The lowest BCUT2D eigenvalue weighted by molar-refractivity contribution is 0.321. The van der Waals surface area contributed by atoms with Crippen LogP contribution in [0.2, 0.25) is 0 Å². The monoisotopic (exact) mass is 220 g/mol. The second-order valence-corrected chi connectivity index (χ2v) is 5.17. The maximum atomic E-state index is 5.26. The molecule has 3 unspecified atom stereocenters. The van der Waals surface area contributed by atoms with Gasteiger partial charge in [-0.2, -0.15) is 0 Å². The van der Waals surface area contributed by atoms with Crippen LogP contribution in [-0.4, -0.2) is 25.2 Å². The van der Waals surface area contributed by atoms with Crippen molar-refractivity contribution in [3.05, 3.63) is 0 Å². The van der Waals surface area contributed by atoms with E-state index in [4.69, 9.17) is 6.42 Å². The number of unbranched alkanes of at least 4 members (excludes halogenated alkanes) is 1. The zero-order valence-corrected chi connectivity index (χ0v) is 10.2. The van der Waals surface area contributed by atoms with Crippen molar-refractivity contribution in [3.8, 4) is 12.3 Å². The average Bonchev–Trinajstić information content (AvgIpc) is 2.94. The number of hydrogen-bond donors (Lipinski definition) is 2. The summed E-state index contributed by atoms with van der Waals surface area (Å²) < 4.78 is 0. The van der Waals surface area contributed by atoms with Crippen LogP contribution in [0.25, 0.3) is 0 Å². The standard InChI is InChI=1S/C14H24N2/c1-2-3-4-10-15-13-8-5-7-12(13)14-9-6-11-16-14/h1,12-16H,3-11H2. The lowest BCUT2D eigenvalue weighted by Crippen LogP contribution is -2.42. The summed E-state index contributed by atoms with van der Waals surface area (Å²) >= 11 is 0. The molecular weight excluding hydrogens is 196 g/mol. The molecule has 2 nitrogen and oxygen atoms in total. The molecule has 2 heteroatoms. The molecule has 0 bridgehead atoms. The maximum Gasteiger partial charge on any atom is 0.0111 e. The highest BCUT2D eigenvalue weighted by Crippen LogP contribution is 2.31. The third-order valence-corrected chi connectivity index (χ3v) is 4.09. The molecule has 0 aromatic carbocycles. The first-order valence-electron chi connectivity index (χ1n) is 6.82. The SMILES string of the molecule is C#CCCCNC1CCCC1C1CCCN1. The molecule has 2 rings (SSSR count). The van der Waals surface area contributed by atoms with Crippen molar-refractivity contribution in [2.45, 2.75) is 57.0 Å². The van der Waals surface area contributed by atoms with E-state index in [-0.39, 0.29) is 0 Å². The Balaban J connectivity index is 1.72. The molecule has 0 amide bonds. The predicted octanol–water partition coefficient (Wildman–Crippen LogP) is 1.91. The fourth-order valence-electron chi connectivity index (χ4n) is 3.28. The molecule has 2 aliphatic rings. The second kappa shape index (κ2) is 6.27. The van der Waals surface area contributed by atoms with Gasteiger partial charge in [-0.3, -0.25) is 0 Å². The van der Waals surface area contributed by atoms with Gasteiger partial charge in [0.25, 0.3) is 0 Å². The molecular formula is C14H24N2. The van der Waals surface area contributed by atoms with Gasteiger partial charge in [0, 0.05) is 18.5 Å². The van der Waals surface area contributed by atoms with Crippen LogP contribution in [0.3, 0.4) is 0 Å². The first-order chi connectivity index (χ1) is 7.92. The van der Waals surface area contributed by atoms with Gasteiger partial charge in [-0.25, -0.2) is 0 Å². The van der Waals surface area contributed by atoms with Gasteiger partial charge in [0.05, 0.1) is 0 Å². The molecule has 16 heavy (non-hydrogen) atoms. The molecule has 0 radical (unpaired) electrons. The van der Waals surface area contributed by atoms with Crippen LogP contribution in [0, 0.1) is 18.3 Å². The first kappa shape index (κ1) is 12.0. The second-order valence-electron chi connectivity index (χ2n) is 5.17. The zero-order valence-electron chi connectivity index (χ0n) is 10.2. The summed E-state index contributed by atoms with van der Waals surface area (Å²) in [6.07, 6.45) is 14.2. The van der Waals surface area contributed by atoms with Crippen molar-refractivity contribution in [1.82, 2.24) is 10.6 Å². The third kappa shape index (κ3) is 2.99. The molecule has 1 aliphatic heterocycles. The Morgan fingerprint density at radius 1 is 1.25 bits per heavy atom. The summed E-state index contributed by atoms with van der Waals surface area (Å²) in [5, 5.41) is 7.37. The molecule has 2 fully saturated rings. The minimum absolute atomic E-state index is 0.744. The molecule has 1 saturated heterocycles. The van der Waals surface area contributed by atoms with Crippen LogP contribution in [0.15, 0.2) is 0 Å². The molecule has 1 saturated carbocycles. The van der Waals surface area contributed by atoms with E-state index in [1.807, 2.05) is 0 Å². The lowest BCUT2D eigenvalue weighted by Gasteiger charge is -2.26. The van der Waals surface area contributed by atoms with Crippen LogP contribution in [-0.2, 0) is 0 Å². The molecule has 2 N–H and O–H groups in total. The highest BCUT2D eigenvalue weighted by Gasteiger charge is 2.34. The average molecular weight is 220 g/mol. The number of rotatable bonds is 5. The summed E-state index contributed by atoms with van der Waals surface area (Å²) in [6, 6.07) is 1.53. The minimum Gasteiger partial charge on any atom is -0.314 e. The van der Waals surface area contributed by atoms with Crippen LogP contribution >= 0.6 is 0 Å². The Bertz CT molecular complexity index is 238. The van der Waals surface area contributed by atoms with Gasteiger partial charge in [-0.15, -0.1) is 12.3 Å². The van der Waals surface area contributed by atoms with Gasteiger partial charge in [0.2, 0.25) is 0 Å². The van der Waals surface area contributed by atoms with E-state index in [0.717, 1.165) is 37.4 Å². The van der Waals surface area contributed by atoms with E-state index >= 15 is 0 Å². The van der Waals surface area contributed by atoms with E-state index in [1.165, 1.54) is 38.6 Å². The number of terminal acetylenes is 1. The lowest BCUT2D eigenvalue weighted by atomic mass is 9.93. The third-order valence-electron chi connectivity index (χ3n) is 4.09. The number of hydrogen-bond acceptors (Lipinski definition) is 2. The van der Waals surface area contributed by atoms with E-state index in [9.17, 15) is 0 Å². The molecule has 1 aliphatic carbocycles. The van der Waals surface area contributed by atoms with Crippen molar-refractivity contribution < 1.29 is 0 Å². The maximum absolute atomic E-state index is 5.26. The van der Waals surface area contributed by atoms with Gasteiger partial charge < -0.3 is 10.6 Å². The van der Waals surface area contributed by atoms with Crippen molar-refractivity contribution in [2.75, 3.05) is 13.1 Å². The Labute approximate surface area is 99.6 Å². The van der Waals surface area contributed by atoms with Crippen LogP contribution in [0.5, 0.6) is 0 Å². The van der Waals surface area contributed by atoms with E-state index < -0.39 is 0 Å². The predicted molar refractivity (Wildman–Crippen MR) is 68.2 cm³/mol. The molecule has 0 aromatic rings. The van der Waals surface area contributed by atoms with Crippen molar-refractivity contribution in [1.29, 1.82) is 0 Å². The van der Waals surface area contributed by atoms with E-state index in [0.29, 0.717) is 0 Å². The highest BCUT2D eigenvalue weighted by molar-refractivity contribution is 4.93. The van der Waals surface area contributed by atoms with Gasteiger partial charge in [-0.1, -0.05) is 6.42 Å². The fraction of sp³-hybridized carbons (Fsp3) is 0.857. The molecule has 0 spiro atoms. The van der Waals surface area contributed by atoms with E-state index in [2.05, 4.69) is 16.6 Å². The van der Waals surface area contributed by atoms with Crippen LogP contribution in [0.1, 0.15) is 44.9 Å². The van der Waals surface area contributed by atoms with Gasteiger partial charge in [0.15, 0.2) is 0 Å². The fourth-order valence-corrected chi connectivity index (χ4v) is 3.28. The smallest absolute Gasteiger partial charge is 0.0111 e. The summed E-state index contributed by atoms with van der Waals surface area (Å²) in [6.45, 7) is 2.32. The summed E-state index contributed by atoms with van der Waals surface area (Å²) in [7, 11) is 0. The molecule has 90 valence electrons. The summed E-state index contributed by atoms with van der Waals surface area (Å²) in [4.78, 5) is 0. The normalized spacial score (nSPS) is 34.1. The van der Waals surface area contributed by atoms with Crippen molar-refractivity contribution in [3.63, 3.8) is 0 Å². The Kier molecular flexibility index (Phi) is 4.69. The quantitative estimate of drug-likeness (QED) is 0.546. The molecule has 0 aromatic heterocycles. The van der Waals surface area contributed by atoms with Crippen LogP contribution < -0.4 is 10.6 Å². The largest absolute Gasteiger partial charge is 0.314 e. The Morgan fingerprint density at radius 3 is 2.94 bits per heavy atom. The Morgan fingerprint density at radius 2 is 2.19 bits per heavy atom. The molecule has 1 heterocycles. The highest BCUT2D eigenvalue weighted by atomic mass is 15.0. The topological polar surface area (TPSA) is 24.1 Å². The van der Waals surface area contributed by atoms with Crippen LogP contribution in [0.4, 0.5) is 0 Å². The first-order valence-corrected chi connectivity index (χ1v) is 6.82. The van der Waals surface area contributed by atoms with Gasteiger partial charge in [-0.05, 0) is 51.1 Å². The Hall–Kier alpha value is -0.520. The van der Waals surface area contributed by atoms with Gasteiger partial charge >= 0.3 is 0 Å². The summed E-state index contributed by atoms with van der Waals surface area (Å²) in [5.41, 5.74) is 0.